The lowest BCUT2D eigenvalue weighted by Crippen LogP contribution is -2.43. The molecule has 0 spiro atoms. The summed E-state index contributed by atoms with van der Waals surface area (Å²) in [6.07, 6.45) is 5.72. The second-order valence-corrected chi connectivity index (χ2v) is 4.74. The summed E-state index contributed by atoms with van der Waals surface area (Å²) in [4.78, 5) is 0. The maximum absolute atomic E-state index is 13.6. The summed E-state index contributed by atoms with van der Waals surface area (Å²) < 4.78 is 27.2. The van der Waals surface area contributed by atoms with Crippen LogP contribution in [0, 0.1) is 5.92 Å². The fraction of sp³-hybridized carbons (Fsp3) is 1.00. The number of nitrogens with one attached hydrogen (secondary N) is 1. The monoisotopic (exact) mass is 203 g/mol. The molecule has 82 valence electrons. The van der Waals surface area contributed by atoms with Gasteiger partial charge in [-0.15, -0.1) is 0 Å². The molecule has 0 radical (unpaired) electrons. The summed E-state index contributed by atoms with van der Waals surface area (Å²) in [7, 11) is 0. The second-order valence-electron chi connectivity index (χ2n) is 4.74. The molecule has 14 heavy (non-hydrogen) atoms. The summed E-state index contributed by atoms with van der Waals surface area (Å²) in [5.74, 6) is -2.72. The topological polar surface area (TPSA) is 12.0 Å². The van der Waals surface area contributed by atoms with Gasteiger partial charge in [0.1, 0.15) is 0 Å². The Bertz CT molecular complexity index is 184. The Balaban J connectivity index is 1.81. The van der Waals surface area contributed by atoms with E-state index in [4.69, 9.17) is 0 Å². The van der Waals surface area contributed by atoms with Gasteiger partial charge in [0.05, 0.1) is 0 Å². The highest BCUT2D eigenvalue weighted by molar-refractivity contribution is 4.88. The molecular weight excluding hydrogens is 184 g/mol. The van der Waals surface area contributed by atoms with Crippen molar-refractivity contribution in [2.24, 2.45) is 5.92 Å². The molecule has 2 aliphatic rings. The van der Waals surface area contributed by atoms with E-state index in [1.807, 2.05) is 0 Å². The molecule has 1 N–H and O–H groups in total. The molecule has 0 aromatic carbocycles. The number of hydrogen-bond acceptors (Lipinski definition) is 1. The van der Waals surface area contributed by atoms with Gasteiger partial charge in [0.2, 0.25) is 0 Å². The first-order valence-corrected chi connectivity index (χ1v) is 5.80. The molecule has 2 rings (SSSR count). The third-order valence-electron chi connectivity index (χ3n) is 3.63. The van der Waals surface area contributed by atoms with E-state index in [1.54, 1.807) is 0 Å². The minimum atomic E-state index is -2.41. The molecule has 1 aliphatic heterocycles. The number of alkyl halides is 2. The van der Waals surface area contributed by atoms with Crippen LogP contribution in [0.15, 0.2) is 0 Å². The van der Waals surface area contributed by atoms with E-state index in [-0.39, 0.29) is 18.4 Å². The van der Waals surface area contributed by atoms with Gasteiger partial charge >= 0.3 is 0 Å². The molecule has 1 unspecified atom stereocenters. The van der Waals surface area contributed by atoms with Crippen LogP contribution in [0.25, 0.3) is 0 Å². The molecule has 1 saturated carbocycles. The Morgan fingerprint density at radius 2 is 1.86 bits per heavy atom. The van der Waals surface area contributed by atoms with Gasteiger partial charge in [0.15, 0.2) is 0 Å². The van der Waals surface area contributed by atoms with Gasteiger partial charge in [0.25, 0.3) is 5.92 Å². The first kappa shape index (κ1) is 10.3. The molecule has 0 amide bonds. The first-order chi connectivity index (χ1) is 6.68. The van der Waals surface area contributed by atoms with E-state index in [9.17, 15) is 8.78 Å². The average molecular weight is 203 g/mol. The fourth-order valence-electron chi connectivity index (χ4n) is 2.42. The van der Waals surface area contributed by atoms with E-state index >= 15 is 0 Å². The predicted molar refractivity (Wildman–Crippen MR) is 52.5 cm³/mol. The Labute approximate surface area is 84.3 Å². The highest BCUT2D eigenvalue weighted by Crippen LogP contribution is 2.42. The number of piperidine rings is 1. The smallest absolute Gasteiger partial charge is 0.252 e. The van der Waals surface area contributed by atoms with E-state index < -0.39 is 5.92 Å². The molecule has 0 aromatic heterocycles. The number of rotatable bonds is 3. The Hall–Kier alpha value is -0.180. The zero-order valence-electron chi connectivity index (χ0n) is 8.57. The normalized spacial score (nSPS) is 30.0. The minimum Gasteiger partial charge on any atom is -0.314 e. The van der Waals surface area contributed by atoms with Crippen molar-refractivity contribution in [2.45, 2.75) is 56.9 Å². The molecular formula is C11H19F2N. The lowest BCUT2D eigenvalue weighted by Gasteiger charge is -2.36. The standard InChI is InChI=1S/C11H19F2N/c12-11(13,9-4-3-5-9)8-10-6-1-2-7-14-10/h9-10,14H,1-8H2. The molecule has 1 saturated heterocycles. The van der Waals surface area contributed by atoms with E-state index in [1.165, 1.54) is 0 Å². The molecule has 2 fully saturated rings. The number of hydrogen-bond donors (Lipinski definition) is 1. The zero-order valence-corrected chi connectivity index (χ0v) is 8.57. The van der Waals surface area contributed by atoms with Crippen molar-refractivity contribution in [2.75, 3.05) is 6.54 Å². The van der Waals surface area contributed by atoms with Crippen molar-refractivity contribution in [3.05, 3.63) is 0 Å². The highest BCUT2D eigenvalue weighted by Gasteiger charge is 2.44. The van der Waals surface area contributed by atoms with Crippen molar-refractivity contribution >= 4 is 0 Å². The fourth-order valence-corrected chi connectivity index (χ4v) is 2.42. The molecule has 0 aromatic rings. The largest absolute Gasteiger partial charge is 0.314 e. The van der Waals surface area contributed by atoms with Crippen molar-refractivity contribution in [3.8, 4) is 0 Å². The predicted octanol–water partition coefficient (Wildman–Crippen LogP) is 2.95. The van der Waals surface area contributed by atoms with Gasteiger partial charge in [-0.3, -0.25) is 0 Å². The van der Waals surface area contributed by atoms with Crippen LogP contribution in [0.3, 0.4) is 0 Å². The summed E-state index contributed by atoms with van der Waals surface area (Å²) in [5, 5.41) is 3.20. The van der Waals surface area contributed by atoms with Crippen LogP contribution in [0.2, 0.25) is 0 Å². The van der Waals surface area contributed by atoms with E-state index in [0.717, 1.165) is 45.1 Å². The van der Waals surface area contributed by atoms with Gasteiger partial charge in [-0.2, -0.15) is 0 Å². The maximum atomic E-state index is 13.6. The number of halogens is 2. The Kier molecular flexibility index (Phi) is 3.05. The van der Waals surface area contributed by atoms with Crippen molar-refractivity contribution in [1.29, 1.82) is 0 Å². The summed E-state index contributed by atoms with van der Waals surface area (Å²) in [5.41, 5.74) is 0. The highest BCUT2D eigenvalue weighted by atomic mass is 19.3. The van der Waals surface area contributed by atoms with Gasteiger partial charge in [-0.1, -0.05) is 12.8 Å². The Morgan fingerprint density at radius 1 is 1.07 bits per heavy atom. The lowest BCUT2D eigenvalue weighted by atomic mass is 9.78. The third kappa shape index (κ3) is 2.25. The molecule has 1 aliphatic carbocycles. The van der Waals surface area contributed by atoms with E-state index in [2.05, 4.69) is 5.32 Å². The SMILES string of the molecule is FC(F)(CC1CCCCN1)C1CCC1. The van der Waals surface area contributed by atoms with Gasteiger partial charge in [0, 0.05) is 18.4 Å². The molecule has 0 bridgehead atoms. The maximum Gasteiger partial charge on any atom is 0.252 e. The lowest BCUT2D eigenvalue weighted by molar-refractivity contribution is -0.100. The van der Waals surface area contributed by atoms with Crippen molar-refractivity contribution in [1.82, 2.24) is 5.32 Å². The zero-order chi connectivity index (χ0) is 10.0. The van der Waals surface area contributed by atoms with Crippen molar-refractivity contribution < 1.29 is 8.78 Å². The van der Waals surface area contributed by atoms with Crippen LogP contribution in [0.4, 0.5) is 8.78 Å². The average Bonchev–Trinajstić information content (AvgIpc) is 2.00. The van der Waals surface area contributed by atoms with Crippen LogP contribution < -0.4 is 5.32 Å². The quantitative estimate of drug-likeness (QED) is 0.743. The second kappa shape index (κ2) is 4.13. The van der Waals surface area contributed by atoms with Crippen LogP contribution in [-0.4, -0.2) is 18.5 Å². The minimum absolute atomic E-state index is 0.0671. The summed E-state index contributed by atoms with van der Waals surface area (Å²) in [6, 6.07) is 0.0688. The summed E-state index contributed by atoms with van der Waals surface area (Å²) >= 11 is 0. The molecule has 1 heterocycles. The van der Waals surface area contributed by atoms with Gasteiger partial charge < -0.3 is 5.32 Å². The van der Waals surface area contributed by atoms with Crippen LogP contribution >= 0.6 is 0 Å². The van der Waals surface area contributed by atoms with Crippen LogP contribution in [0.1, 0.15) is 44.9 Å². The van der Waals surface area contributed by atoms with Crippen LogP contribution in [0.5, 0.6) is 0 Å². The van der Waals surface area contributed by atoms with Crippen molar-refractivity contribution in [3.63, 3.8) is 0 Å². The molecule has 1 nitrogen and oxygen atoms in total. The summed E-state index contributed by atoms with van der Waals surface area (Å²) in [6.45, 7) is 0.922. The molecule has 1 atom stereocenters. The van der Waals surface area contributed by atoms with E-state index in [0.29, 0.717) is 0 Å². The first-order valence-electron chi connectivity index (χ1n) is 5.80. The van der Waals surface area contributed by atoms with Gasteiger partial charge in [-0.25, -0.2) is 8.78 Å². The Morgan fingerprint density at radius 3 is 2.36 bits per heavy atom. The van der Waals surface area contributed by atoms with Crippen LogP contribution in [-0.2, 0) is 0 Å². The van der Waals surface area contributed by atoms with Gasteiger partial charge in [-0.05, 0) is 32.2 Å². The molecule has 3 heteroatoms. The third-order valence-corrected chi connectivity index (χ3v) is 3.63.